The molecule has 84 valence electrons. The number of nitrogens with two attached hydrogens (primary N) is 1. The second kappa shape index (κ2) is 5.60. The van der Waals surface area contributed by atoms with E-state index in [0.29, 0.717) is 6.54 Å². The number of rotatable bonds is 5. The van der Waals surface area contributed by atoms with Gasteiger partial charge in [0.05, 0.1) is 6.20 Å². The zero-order chi connectivity index (χ0) is 11.3. The molecule has 1 aromatic heterocycles. The Labute approximate surface area is 87.7 Å². The van der Waals surface area contributed by atoms with Crippen LogP contribution in [0.15, 0.2) is 12.3 Å². The maximum atomic E-state index is 13.2. The number of hydrogen-bond acceptors (Lipinski definition) is 3. The van der Waals surface area contributed by atoms with Crippen molar-refractivity contribution in [3.8, 4) is 0 Å². The lowest BCUT2D eigenvalue weighted by Crippen LogP contribution is -2.29. The van der Waals surface area contributed by atoms with Gasteiger partial charge in [0.25, 0.3) is 0 Å². The summed E-state index contributed by atoms with van der Waals surface area (Å²) in [5.74, 6) is -1.32. The van der Waals surface area contributed by atoms with Gasteiger partial charge in [0.2, 0.25) is 0 Å². The average molecular weight is 215 g/mol. The van der Waals surface area contributed by atoms with Crippen molar-refractivity contribution in [2.24, 2.45) is 5.73 Å². The molecule has 0 spiro atoms. The highest BCUT2D eigenvalue weighted by Gasteiger charge is 2.10. The van der Waals surface area contributed by atoms with Crippen molar-refractivity contribution >= 4 is 5.82 Å². The molecule has 0 amide bonds. The van der Waals surface area contributed by atoms with Gasteiger partial charge in [0, 0.05) is 18.7 Å². The number of anilines is 1. The molecule has 1 rings (SSSR count). The highest BCUT2D eigenvalue weighted by atomic mass is 19.1. The molecule has 0 aliphatic rings. The third-order valence-corrected chi connectivity index (χ3v) is 2.07. The molecule has 0 saturated heterocycles. The van der Waals surface area contributed by atoms with Crippen molar-refractivity contribution in [2.45, 2.75) is 25.8 Å². The van der Waals surface area contributed by atoms with Gasteiger partial charge in [-0.05, 0) is 6.42 Å². The zero-order valence-corrected chi connectivity index (χ0v) is 8.63. The first-order valence-corrected chi connectivity index (χ1v) is 4.95. The molecule has 0 bridgehead atoms. The summed E-state index contributed by atoms with van der Waals surface area (Å²) in [7, 11) is 0. The molecular weight excluding hydrogens is 200 g/mol. The minimum absolute atomic E-state index is 0.0255. The van der Waals surface area contributed by atoms with Crippen LogP contribution in [0.4, 0.5) is 14.6 Å². The first-order valence-electron chi connectivity index (χ1n) is 4.95. The maximum Gasteiger partial charge on any atom is 0.168 e. The Balaban J connectivity index is 2.70. The van der Waals surface area contributed by atoms with Crippen LogP contribution in [0.2, 0.25) is 0 Å². The minimum atomic E-state index is -0.690. The highest BCUT2D eigenvalue weighted by molar-refractivity contribution is 5.37. The maximum absolute atomic E-state index is 13.2. The summed E-state index contributed by atoms with van der Waals surface area (Å²) in [5, 5.41) is 2.85. The monoisotopic (exact) mass is 215 g/mol. The predicted molar refractivity (Wildman–Crippen MR) is 55.5 cm³/mol. The average Bonchev–Trinajstić information content (AvgIpc) is 2.21. The second-order valence-corrected chi connectivity index (χ2v) is 3.35. The second-order valence-electron chi connectivity index (χ2n) is 3.35. The number of nitrogens with one attached hydrogen (secondary N) is 1. The van der Waals surface area contributed by atoms with Gasteiger partial charge in [0.15, 0.2) is 11.6 Å². The number of hydrogen-bond donors (Lipinski definition) is 2. The molecule has 1 heterocycles. The lowest BCUT2D eigenvalue weighted by molar-refractivity contribution is 0.568. The SMILES string of the molecule is CCCC(CN)Nc1ncc(F)cc1F. The normalized spacial score (nSPS) is 12.5. The fourth-order valence-corrected chi connectivity index (χ4v) is 1.31. The van der Waals surface area contributed by atoms with Crippen LogP contribution in [-0.4, -0.2) is 17.6 Å². The van der Waals surface area contributed by atoms with E-state index in [9.17, 15) is 8.78 Å². The Morgan fingerprint density at radius 2 is 2.27 bits per heavy atom. The third kappa shape index (κ3) is 3.43. The Morgan fingerprint density at radius 1 is 1.53 bits per heavy atom. The van der Waals surface area contributed by atoms with Gasteiger partial charge < -0.3 is 11.1 Å². The van der Waals surface area contributed by atoms with E-state index in [4.69, 9.17) is 5.73 Å². The summed E-state index contributed by atoms with van der Waals surface area (Å²) in [6.45, 7) is 2.41. The van der Waals surface area contributed by atoms with Crippen molar-refractivity contribution in [2.75, 3.05) is 11.9 Å². The largest absolute Gasteiger partial charge is 0.364 e. The summed E-state index contributed by atoms with van der Waals surface area (Å²) in [6.07, 6.45) is 2.75. The smallest absolute Gasteiger partial charge is 0.168 e. The molecule has 15 heavy (non-hydrogen) atoms. The first kappa shape index (κ1) is 11.8. The molecule has 0 aliphatic carbocycles. The van der Waals surface area contributed by atoms with E-state index in [1.807, 2.05) is 6.92 Å². The topological polar surface area (TPSA) is 50.9 Å². The molecule has 1 aromatic rings. The molecule has 0 aliphatic heterocycles. The van der Waals surface area contributed by atoms with Gasteiger partial charge in [-0.25, -0.2) is 13.8 Å². The van der Waals surface area contributed by atoms with Gasteiger partial charge in [-0.1, -0.05) is 13.3 Å². The van der Waals surface area contributed by atoms with Gasteiger partial charge >= 0.3 is 0 Å². The van der Waals surface area contributed by atoms with E-state index in [1.54, 1.807) is 0 Å². The standard InChI is InChI=1S/C10H15F2N3/c1-2-3-8(5-13)15-10-9(12)4-7(11)6-14-10/h4,6,8H,2-3,5,13H2,1H3,(H,14,15). The van der Waals surface area contributed by atoms with Crippen LogP contribution in [0.1, 0.15) is 19.8 Å². The van der Waals surface area contributed by atoms with Crippen molar-refractivity contribution in [1.29, 1.82) is 0 Å². The molecule has 1 unspecified atom stereocenters. The van der Waals surface area contributed by atoms with Crippen LogP contribution in [-0.2, 0) is 0 Å². The zero-order valence-electron chi connectivity index (χ0n) is 8.63. The molecule has 5 heteroatoms. The lowest BCUT2D eigenvalue weighted by Gasteiger charge is -2.16. The molecule has 0 fully saturated rings. The molecule has 3 nitrogen and oxygen atoms in total. The third-order valence-electron chi connectivity index (χ3n) is 2.07. The van der Waals surface area contributed by atoms with E-state index >= 15 is 0 Å². The number of pyridine rings is 1. The summed E-state index contributed by atoms with van der Waals surface area (Å²) in [4.78, 5) is 3.63. The molecule has 0 saturated carbocycles. The summed E-state index contributed by atoms with van der Waals surface area (Å²) in [6, 6.07) is 0.775. The van der Waals surface area contributed by atoms with Crippen LogP contribution in [0, 0.1) is 11.6 Å². The van der Waals surface area contributed by atoms with E-state index in [-0.39, 0.29) is 11.9 Å². The van der Waals surface area contributed by atoms with Crippen LogP contribution in [0.25, 0.3) is 0 Å². The Kier molecular flexibility index (Phi) is 4.42. The van der Waals surface area contributed by atoms with Crippen LogP contribution in [0.3, 0.4) is 0 Å². The van der Waals surface area contributed by atoms with Crippen molar-refractivity contribution in [3.63, 3.8) is 0 Å². The fourth-order valence-electron chi connectivity index (χ4n) is 1.31. The van der Waals surface area contributed by atoms with Gasteiger partial charge in [-0.15, -0.1) is 0 Å². The number of halogens is 2. The Hall–Kier alpha value is -1.23. The molecule has 0 aromatic carbocycles. The summed E-state index contributed by atoms with van der Waals surface area (Å²) in [5.41, 5.74) is 5.50. The van der Waals surface area contributed by atoms with E-state index in [2.05, 4.69) is 10.3 Å². The quantitative estimate of drug-likeness (QED) is 0.788. The van der Waals surface area contributed by atoms with Gasteiger partial charge in [-0.3, -0.25) is 0 Å². The molecular formula is C10H15F2N3. The highest BCUT2D eigenvalue weighted by Crippen LogP contribution is 2.13. The van der Waals surface area contributed by atoms with E-state index in [1.165, 1.54) is 0 Å². The van der Waals surface area contributed by atoms with Crippen LogP contribution >= 0.6 is 0 Å². The molecule has 0 radical (unpaired) electrons. The number of aromatic nitrogens is 1. The number of nitrogens with zero attached hydrogens (tertiary/aromatic N) is 1. The molecule has 3 N–H and O–H groups in total. The van der Waals surface area contributed by atoms with Crippen LogP contribution < -0.4 is 11.1 Å². The predicted octanol–water partition coefficient (Wildman–Crippen LogP) is 1.90. The van der Waals surface area contributed by atoms with E-state index < -0.39 is 11.6 Å². The Bertz CT molecular complexity index is 318. The van der Waals surface area contributed by atoms with Gasteiger partial charge in [0.1, 0.15) is 5.82 Å². The van der Waals surface area contributed by atoms with Gasteiger partial charge in [-0.2, -0.15) is 0 Å². The van der Waals surface area contributed by atoms with Crippen molar-refractivity contribution in [1.82, 2.24) is 4.98 Å². The first-order chi connectivity index (χ1) is 7.17. The Morgan fingerprint density at radius 3 is 2.80 bits per heavy atom. The summed E-state index contributed by atoms with van der Waals surface area (Å²) < 4.78 is 25.7. The molecule has 1 atom stereocenters. The van der Waals surface area contributed by atoms with Crippen LogP contribution in [0.5, 0.6) is 0 Å². The van der Waals surface area contributed by atoms with Crippen molar-refractivity contribution in [3.05, 3.63) is 23.9 Å². The van der Waals surface area contributed by atoms with E-state index in [0.717, 1.165) is 25.1 Å². The minimum Gasteiger partial charge on any atom is -0.364 e. The lowest BCUT2D eigenvalue weighted by atomic mass is 10.1. The summed E-state index contributed by atoms with van der Waals surface area (Å²) >= 11 is 0. The fraction of sp³-hybridized carbons (Fsp3) is 0.500. The van der Waals surface area contributed by atoms with Crippen molar-refractivity contribution < 1.29 is 8.78 Å².